The molecule has 0 radical (unpaired) electrons. The molecule has 0 atom stereocenters. The molecule has 0 bridgehead atoms. The van der Waals surface area contributed by atoms with Gasteiger partial charge in [0.15, 0.2) is 34.9 Å². The van der Waals surface area contributed by atoms with Gasteiger partial charge in [-0.15, -0.1) is 0 Å². The van der Waals surface area contributed by atoms with Crippen molar-refractivity contribution >= 4 is 53.9 Å². The highest BCUT2D eigenvalue weighted by Gasteiger charge is 2.21. The van der Waals surface area contributed by atoms with Gasteiger partial charge in [-0.05, 0) is 124 Å². The second kappa shape index (κ2) is 41.5. The van der Waals surface area contributed by atoms with Crippen molar-refractivity contribution in [2.24, 2.45) is 0 Å². The van der Waals surface area contributed by atoms with Gasteiger partial charge < -0.3 is 0 Å². The Kier molecular flexibility index (Phi) is 26.5. The third-order valence-corrected chi connectivity index (χ3v) is 24.5. The molecule has 139 heavy (non-hydrogen) atoms. The minimum atomic E-state index is 0.680. The van der Waals surface area contributed by atoms with E-state index in [1.807, 2.05) is 134 Å². The van der Waals surface area contributed by atoms with Crippen molar-refractivity contribution < 1.29 is 0 Å². The van der Waals surface area contributed by atoms with Crippen LogP contribution in [-0.4, -0.2) is 54.8 Å². The van der Waals surface area contributed by atoms with Crippen LogP contribution in [0, 0.1) is 34.6 Å². The van der Waals surface area contributed by atoms with Crippen LogP contribution < -0.4 is 0 Å². The minimum Gasteiger partial charge on any atom is -0.233 e. The Bertz CT molecular complexity index is 8240. The van der Waals surface area contributed by atoms with E-state index in [1.54, 1.807) is 0 Å². The third-order valence-electron chi connectivity index (χ3n) is 24.5. The predicted octanol–water partition coefficient (Wildman–Crippen LogP) is 32.4. The molecule has 11 nitrogen and oxygen atoms in total. The van der Waals surface area contributed by atoms with Crippen LogP contribution >= 0.6 is 0 Å². The third kappa shape index (κ3) is 20.6. The van der Waals surface area contributed by atoms with E-state index < -0.39 is 0 Å². The molecule has 0 aliphatic heterocycles. The fourth-order valence-corrected chi connectivity index (χ4v) is 17.4. The number of hydrogen-bond donors (Lipinski definition) is 0. The number of hydrogen-bond acceptors (Lipinski definition) is 11. The summed E-state index contributed by atoms with van der Waals surface area (Å²) in [5.41, 5.74) is 27.3. The molecule has 0 fully saturated rings. The van der Waals surface area contributed by atoms with Crippen molar-refractivity contribution in [1.29, 1.82) is 0 Å². The summed E-state index contributed by atoms with van der Waals surface area (Å²) in [5, 5.41) is 12.0. The van der Waals surface area contributed by atoms with E-state index in [9.17, 15) is 0 Å². The summed E-state index contributed by atoms with van der Waals surface area (Å²) in [5.74, 6) is 5.08. The van der Waals surface area contributed by atoms with Gasteiger partial charge in [-0.1, -0.05) is 472 Å². The normalized spacial score (nSPS) is 10.9. The van der Waals surface area contributed by atoms with Gasteiger partial charge >= 0.3 is 0 Å². The lowest BCUT2D eigenvalue weighted by Crippen LogP contribution is -2.00. The monoisotopic (exact) mass is 1790 g/mol. The molecule has 5 heterocycles. The van der Waals surface area contributed by atoms with E-state index in [0.29, 0.717) is 17.5 Å². The van der Waals surface area contributed by atoms with Gasteiger partial charge in [-0.25, -0.2) is 54.8 Å². The molecule has 0 saturated heterocycles. The fraction of sp³-hybridized carbons (Fsp3) is 0.0391. The zero-order chi connectivity index (χ0) is 94.2. The molecule has 0 amide bonds. The maximum absolute atomic E-state index is 5.00. The Morgan fingerprint density at radius 2 is 0.360 bits per heavy atom. The molecule has 11 heteroatoms. The highest BCUT2D eigenvalue weighted by atomic mass is 15.0. The van der Waals surface area contributed by atoms with Crippen molar-refractivity contribution in [3.8, 4) is 158 Å². The molecule has 19 aromatic carbocycles. The summed E-state index contributed by atoms with van der Waals surface area (Å²) in [6, 6.07) is 167. The summed E-state index contributed by atoms with van der Waals surface area (Å²) in [7, 11) is 0. The van der Waals surface area contributed by atoms with Crippen molar-refractivity contribution in [2.75, 3.05) is 0 Å². The first-order valence-electron chi connectivity index (χ1n) is 46.7. The minimum absolute atomic E-state index is 0.680. The Balaban J connectivity index is 0.000000107. The Morgan fingerprint density at radius 1 is 0.129 bits per heavy atom. The summed E-state index contributed by atoms with van der Waals surface area (Å²) in [4.78, 5) is 53.4. The second-order valence-corrected chi connectivity index (χ2v) is 34.3. The number of rotatable bonds is 14. The molecule has 662 valence electrons. The fourth-order valence-electron chi connectivity index (χ4n) is 17.4. The molecular weight excluding hydrogens is 1690 g/mol. The van der Waals surface area contributed by atoms with Gasteiger partial charge in [0, 0.05) is 77.9 Å². The summed E-state index contributed by atoms with van der Waals surface area (Å²) < 4.78 is 0. The molecular formula is C128H95N11. The Labute approximate surface area is 809 Å². The Morgan fingerprint density at radius 3 is 0.734 bits per heavy atom. The van der Waals surface area contributed by atoms with Crippen LogP contribution in [0.25, 0.3) is 212 Å². The highest BCUT2D eigenvalue weighted by Crippen LogP contribution is 2.39. The Hall–Kier alpha value is -18.2. The first kappa shape index (κ1) is 88.7. The van der Waals surface area contributed by atoms with Crippen LogP contribution in [0.3, 0.4) is 0 Å². The van der Waals surface area contributed by atoms with Crippen molar-refractivity contribution in [3.63, 3.8) is 0 Å². The average molecular weight is 1790 g/mol. The molecule has 0 unspecified atom stereocenters. The van der Waals surface area contributed by atoms with Gasteiger partial charge in [0.1, 0.15) is 5.82 Å². The number of fused-ring (bicyclic) bond motifs is 5. The summed E-state index contributed by atoms with van der Waals surface area (Å²) in [6.45, 7) is 10.3. The topological polar surface area (TPSA) is 142 Å². The van der Waals surface area contributed by atoms with E-state index >= 15 is 0 Å². The van der Waals surface area contributed by atoms with Gasteiger partial charge in [-0.3, -0.25) is 0 Å². The molecule has 0 aliphatic rings. The molecule has 24 aromatic rings. The van der Waals surface area contributed by atoms with E-state index in [-0.39, 0.29) is 0 Å². The zero-order valence-electron chi connectivity index (χ0n) is 77.6. The smallest absolute Gasteiger partial charge is 0.164 e. The molecule has 24 rings (SSSR count). The molecule has 5 aromatic heterocycles. The predicted molar refractivity (Wildman–Crippen MR) is 575 cm³/mol. The number of nitrogens with zero attached hydrogens (tertiary/aromatic N) is 11. The van der Waals surface area contributed by atoms with E-state index in [4.69, 9.17) is 44.9 Å². The SMILES string of the molecule is Cc1ccc(-c2nc(-c3ccccc3)cc(-c3cccc4ccccc34)n2)cc1.Cc1ccc(-c2nc(-c3ccccc3)nc(-c3cccc4ccccc34)n2)cc1.Cc1cccc(-c2nc(-c3ccccc3)cc(-c3cccc4ccccc34)n2)c1.Cc1ccccc1-c1nc(-c2ccccc2)cc(-c2cccc3ccccc23)n1.Cc1nc(-c2ccccc2)cc(-c2cccc3ccccc23)n1. The van der Waals surface area contributed by atoms with Crippen LogP contribution in [0.2, 0.25) is 0 Å². The summed E-state index contributed by atoms with van der Waals surface area (Å²) in [6.07, 6.45) is 0. The van der Waals surface area contributed by atoms with E-state index in [0.717, 1.165) is 152 Å². The lowest BCUT2D eigenvalue weighted by Gasteiger charge is -2.12. The van der Waals surface area contributed by atoms with Crippen LogP contribution in [-0.2, 0) is 0 Å². The lowest BCUT2D eigenvalue weighted by atomic mass is 10.00. The van der Waals surface area contributed by atoms with Crippen LogP contribution in [0.4, 0.5) is 0 Å². The maximum atomic E-state index is 5.00. The zero-order valence-corrected chi connectivity index (χ0v) is 77.6. The van der Waals surface area contributed by atoms with E-state index in [2.05, 4.69) is 396 Å². The van der Waals surface area contributed by atoms with Gasteiger partial charge in [-0.2, -0.15) is 0 Å². The quantitative estimate of drug-likeness (QED) is 0.103. The maximum Gasteiger partial charge on any atom is 0.164 e. The van der Waals surface area contributed by atoms with Crippen LogP contribution in [0.5, 0.6) is 0 Å². The first-order chi connectivity index (χ1) is 68.4. The van der Waals surface area contributed by atoms with E-state index in [1.165, 1.54) is 70.7 Å². The number of aryl methyl sites for hydroxylation is 5. The molecule has 0 saturated carbocycles. The molecule has 0 aliphatic carbocycles. The van der Waals surface area contributed by atoms with Gasteiger partial charge in [0.25, 0.3) is 0 Å². The standard InChI is InChI=1S/3C27H20N2.C26H19N3.C21H16N2/c1-19-10-5-7-15-22(19)27-28-25(21-12-3-2-4-13-21)18-26(29-27)24-17-9-14-20-11-6-8-16-23(20)24;1-19-9-7-14-22(17-19)27-28-25(21-11-3-2-4-12-21)18-26(29-27)24-16-8-13-20-10-5-6-15-23(20)24;1-19-14-16-22(17-15-19)27-28-25(21-9-3-2-4-10-21)18-26(29-27)24-13-7-11-20-8-5-6-12-23(20)24;1-18-14-16-21(17-15-18)25-27-24(20-9-3-2-4-10-20)28-26(29-25)23-13-7-11-19-8-5-6-12-22(19)23;1-15-22-20(17-9-3-2-4-10-17)14-21(23-15)19-13-7-11-16-8-5-6-12-18(16)19/h3*2-18H,1H3;2-17H,1H3;2-14H,1H3. The number of aromatic nitrogens is 11. The van der Waals surface area contributed by atoms with Gasteiger partial charge in [0.2, 0.25) is 0 Å². The lowest BCUT2D eigenvalue weighted by molar-refractivity contribution is 1.06. The van der Waals surface area contributed by atoms with Crippen LogP contribution in [0.1, 0.15) is 28.1 Å². The molecule has 0 N–H and O–H groups in total. The van der Waals surface area contributed by atoms with Crippen molar-refractivity contribution in [3.05, 3.63) is 513 Å². The average Bonchev–Trinajstić information content (AvgIpc) is 0.792. The largest absolute Gasteiger partial charge is 0.233 e. The summed E-state index contributed by atoms with van der Waals surface area (Å²) >= 11 is 0. The van der Waals surface area contributed by atoms with Crippen molar-refractivity contribution in [1.82, 2.24) is 54.8 Å². The van der Waals surface area contributed by atoms with Gasteiger partial charge in [0.05, 0.1) is 45.6 Å². The molecule has 0 spiro atoms. The first-order valence-corrected chi connectivity index (χ1v) is 46.7. The number of benzene rings is 19. The van der Waals surface area contributed by atoms with Crippen molar-refractivity contribution in [2.45, 2.75) is 34.6 Å². The second-order valence-electron chi connectivity index (χ2n) is 34.3. The highest BCUT2D eigenvalue weighted by molar-refractivity contribution is 6.01. The van der Waals surface area contributed by atoms with Crippen LogP contribution in [0.15, 0.2) is 485 Å².